The molecule has 21 heavy (non-hydrogen) atoms. The molecule has 0 bridgehead atoms. The van der Waals surface area contributed by atoms with E-state index in [2.05, 4.69) is 52.0 Å². The molecule has 0 radical (unpaired) electrons. The Morgan fingerprint density at radius 3 is 1.52 bits per heavy atom. The van der Waals surface area contributed by atoms with Gasteiger partial charge in [-0.05, 0) is 0 Å². The molecule has 0 fully saturated rings. The summed E-state index contributed by atoms with van der Waals surface area (Å²) in [6.07, 6.45) is 14.7. The summed E-state index contributed by atoms with van der Waals surface area (Å²) in [5.74, 6) is 1.58. The van der Waals surface area contributed by atoms with Gasteiger partial charge in [0, 0.05) is 0 Å². The van der Waals surface area contributed by atoms with Crippen LogP contribution in [0.3, 0.4) is 0 Å². The Balaban J connectivity index is 0.00000200. The molecule has 0 nitrogen and oxygen atoms in total. The summed E-state index contributed by atoms with van der Waals surface area (Å²) in [5.41, 5.74) is 3.37. The van der Waals surface area contributed by atoms with E-state index < -0.39 is 23.2 Å². The van der Waals surface area contributed by atoms with Gasteiger partial charge in [-0.15, -0.1) is 0 Å². The fourth-order valence-electron chi connectivity index (χ4n) is 2.81. The maximum Gasteiger partial charge on any atom is -1.00 e. The second-order valence-corrected chi connectivity index (χ2v) is 10.1. The van der Waals surface area contributed by atoms with E-state index in [-0.39, 0.29) is 24.8 Å². The van der Waals surface area contributed by atoms with Crippen molar-refractivity contribution in [1.82, 2.24) is 0 Å². The normalized spacial score (nSPS) is 16.7. The van der Waals surface area contributed by atoms with Crippen molar-refractivity contribution in [1.29, 1.82) is 0 Å². The first-order chi connectivity index (χ1) is 9.06. The SMILES string of the molecule is CC(C)CC1=[C]([Zr+2][C]2=C(CC(C)C)C=CC2)CC=C1.[Cl-].[Cl-]. The smallest absolute Gasteiger partial charge is 1.00 e. The minimum atomic E-state index is -0.495. The number of rotatable bonds is 6. The Kier molecular flexibility index (Phi) is 10.5. The number of allylic oxidation sites excluding steroid dienone is 8. The van der Waals surface area contributed by atoms with E-state index in [1.807, 2.05) is 6.56 Å². The average molecular weight is 405 g/mol. The van der Waals surface area contributed by atoms with E-state index in [4.69, 9.17) is 0 Å². The van der Waals surface area contributed by atoms with Gasteiger partial charge in [0.25, 0.3) is 0 Å². The molecule has 0 aromatic heterocycles. The first-order valence-corrected chi connectivity index (χ1v) is 10.1. The molecule has 0 spiro atoms. The quantitative estimate of drug-likeness (QED) is 0.565. The van der Waals surface area contributed by atoms with Gasteiger partial charge in [0.2, 0.25) is 0 Å². The van der Waals surface area contributed by atoms with Gasteiger partial charge >= 0.3 is 130 Å². The van der Waals surface area contributed by atoms with Crippen LogP contribution in [-0.2, 0) is 23.2 Å². The minimum Gasteiger partial charge on any atom is -1.00 e. The Morgan fingerprint density at radius 1 is 0.810 bits per heavy atom. The molecule has 0 heterocycles. The van der Waals surface area contributed by atoms with Crippen molar-refractivity contribution in [3.8, 4) is 0 Å². The third-order valence-corrected chi connectivity index (χ3v) is 7.68. The molecule has 2 aliphatic carbocycles. The van der Waals surface area contributed by atoms with Gasteiger partial charge in [0.15, 0.2) is 0 Å². The van der Waals surface area contributed by atoms with Crippen molar-refractivity contribution in [2.75, 3.05) is 0 Å². The molecule has 116 valence electrons. The zero-order valence-electron chi connectivity index (χ0n) is 13.5. The van der Waals surface area contributed by atoms with Crippen molar-refractivity contribution in [2.24, 2.45) is 11.8 Å². The maximum atomic E-state index is 2.40. The topological polar surface area (TPSA) is 0 Å². The Bertz CT molecular complexity index is 412. The number of hydrogen-bond acceptors (Lipinski definition) is 0. The summed E-state index contributed by atoms with van der Waals surface area (Å²) >= 11 is -0.495. The van der Waals surface area contributed by atoms with Crippen molar-refractivity contribution >= 4 is 0 Å². The van der Waals surface area contributed by atoms with Gasteiger partial charge in [-0.2, -0.15) is 0 Å². The minimum absolute atomic E-state index is 0. The molecule has 0 aliphatic heterocycles. The third kappa shape index (κ3) is 6.59. The third-order valence-electron chi connectivity index (χ3n) is 3.62. The monoisotopic (exact) mass is 402 g/mol. The van der Waals surface area contributed by atoms with E-state index in [9.17, 15) is 0 Å². The molecular formula is C18H26Cl2Zr. The average Bonchev–Trinajstić information content (AvgIpc) is 2.89. The Hall–Kier alpha value is 0.423. The zero-order chi connectivity index (χ0) is 13.8. The van der Waals surface area contributed by atoms with Crippen molar-refractivity contribution in [2.45, 2.75) is 53.4 Å². The number of halogens is 2. The van der Waals surface area contributed by atoms with Crippen LogP contribution in [0.15, 0.2) is 42.0 Å². The van der Waals surface area contributed by atoms with E-state index in [1.54, 1.807) is 11.1 Å². The molecule has 2 rings (SSSR count). The van der Waals surface area contributed by atoms with Crippen LogP contribution in [0.25, 0.3) is 0 Å². The van der Waals surface area contributed by atoms with Gasteiger partial charge in [0.1, 0.15) is 0 Å². The predicted molar refractivity (Wildman–Crippen MR) is 80.5 cm³/mol. The van der Waals surface area contributed by atoms with Gasteiger partial charge in [-0.1, -0.05) is 0 Å². The summed E-state index contributed by atoms with van der Waals surface area (Å²) in [6.45, 7) is 9.34. The summed E-state index contributed by atoms with van der Waals surface area (Å²) in [5, 5.41) is 0. The second kappa shape index (κ2) is 10.2. The molecule has 0 aromatic carbocycles. The molecule has 0 N–H and O–H groups in total. The fourth-order valence-corrected chi connectivity index (χ4v) is 6.49. The van der Waals surface area contributed by atoms with Crippen molar-refractivity contribution < 1.29 is 48.0 Å². The van der Waals surface area contributed by atoms with E-state index in [0.717, 1.165) is 11.8 Å². The van der Waals surface area contributed by atoms with Crippen LogP contribution in [-0.4, -0.2) is 0 Å². The van der Waals surface area contributed by atoms with Crippen LogP contribution in [0.2, 0.25) is 0 Å². The largest absolute Gasteiger partial charge is 1.00 e. The zero-order valence-corrected chi connectivity index (χ0v) is 17.5. The molecule has 0 atom stereocenters. The van der Waals surface area contributed by atoms with Crippen LogP contribution in [0, 0.1) is 11.8 Å². The molecular weight excluding hydrogens is 378 g/mol. The summed E-state index contributed by atoms with van der Waals surface area (Å²) in [4.78, 5) is 0. The summed E-state index contributed by atoms with van der Waals surface area (Å²) < 4.78 is 3.69. The molecule has 0 saturated carbocycles. The first-order valence-electron chi connectivity index (χ1n) is 7.60. The van der Waals surface area contributed by atoms with Gasteiger partial charge in [0.05, 0.1) is 0 Å². The molecule has 0 saturated heterocycles. The second-order valence-electron chi connectivity index (χ2n) is 6.54. The van der Waals surface area contributed by atoms with Crippen molar-refractivity contribution in [3.63, 3.8) is 0 Å². The Morgan fingerprint density at radius 2 is 1.19 bits per heavy atom. The standard InChI is InChI=1S/2C9H13.2ClH.Zr/c2*1-8(2)7-9-5-3-4-6-9;;;/h2*3,5,8H,4,7H2,1-2H3;2*1H;/q;;;;+2/p-2. The summed E-state index contributed by atoms with van der Waals surface area (Å²) in [6, 6.07) is 0. The van der Waals surface area contributed by atoms with Crippen LogP contribution >= 0.6 is 0 Å². The van der Waals surface area contributed by atoms with Crippen molar-refractivity contribution in [3.05, 3.63) is 42.0 Å². The van der Waals surface area contributed by atoms with E-state index >= 15 is 0 Å². The molecule has 3 heteroatoms. The Labute approximate surface area is 154 Å². The van der Waals surface area contributed by atoms with Crippen LogP contribution in [0.1, 0.15) is 53.4 Å². The first kappa shape index (κ1) is 21.4. The number of hydrogen-bond donors (Lipinski definition) is 0. The fraction of sp³-hybridized carbons (Fsp3) is 0.556. The molecule has 0 unspecified atom stereocenters. The van der Waals surface area contributed by atoms with Gasteiger partial charge < -0.3 is 24.8 Å². The summed E-state index contributed by atoms with van der Waals surface area (Å²) in [7, 11) is 0. The van der Waals surface area contributed by atoms with Gasteiger partial charge in [-0.3, -0.25) is 0 Å². The maximum absolute atomic E-state index is 2.40. The van der Waals surface area contributed by atoms with Crippen LogP contribution in [0.5, 0.6) is 0 Å². The van der Waals surface area contributed by atoms with Crippen LogP contribution < -0.4 is 24.8 Å². The van der Waals surface area contributed by atoms with Crippen LogP contribution in [0.4, 0.5) is 0 Å². The van der Waals surface area contributed by atoms with E-state index in [1.165, 1.54) is 25.7 Å². The molecule has 0 aromatic rings. The molecule has 0 amide bonds. The molecule has 2 aliphatic rings. The predicted octanol–water partition coefficient (Wildman–Crippen LogP) is -0.403. The van der Waals surface area contributed by atoms with Gasteiger partial charge in [-0.25, -0.2) is 0 Å². The van der Waals surface area contributed by atoms with E-state index in [0.29, 0.717) is 0 Å².